The van der Waals surface area contributed by atoms with Crippen LogP contribution in [0, 0.1) is 6.92 Å². The van der Waals surface area contributed by atoms with Crippen LogP contribution < -0.4 is 5.32 Å². The standard InChI is InChI=1S/C16H19ClN2OS/c1-10-19-14-4-2-3-13(16(14)21-10)18-9-15(20)11-5-7-12(17)8-6-11/h5-8,13,15,18,20H,2-4,9H2,1H3. The lowest BCUT2D eigenvalue weighted by atomic mass is 9.97. The van der Waals surface area contributed by atoms with Gasteiger partial charge >= 0.3 is 0 Å². The Morgan fingerprint density at radius 3 is 2.95 bits per heavy atom. The molecule has 21 heavy (non-hydrogen) atoms. The highest BCUT2D eigenvalue weighted by atomic mass is 35.5. The zero-order valence-electron chi connectivity index (χ0n) is 12.0. The molecule has 2 atom stereocenters. The predicted molar refractivity (Wildman–Crippen MR) is 86.9 cm³/mol. The molecule has 1 aromatic heterocycles. The topological polar surface area (TPSA) is 45.2 Å². The van der Waals surface area contributed by atoms with Crippen molar-refractivity contribution in [3.8, 4) is 0 Å². The van der Waals surface area contributed by atoms with Gasteiger partial charge in [-0.25, -0.2) is 4.98 Å². The molecule has 0 radical (unpaired) electrons. The third-order valence-electron chi connectivity index (χ3n) is 3.87. The van der Waals surface area contributed by atoms with Crippen molar-refractivity contribution in [2.24, 2.45) is 0 Å². The van der Waals surface area contributed by atoms with Gasteiger partial charge in [0, 0.05) is 22.5 Å². The van der Waals surface area contributed by atoms with Crippen LogP contribution >= 0.6 is 22.9 Å². The Hall–Kier alpha value is -0.940. The monoisotopic (exact) mass is 322 g/mol. The highest BCUT2D eigenvalue weighted by molar-refractivity contribution is 7.11. The van der Waals surface area contributed by atoms with E-state index in [-0.39, 0.29) is 0 Å². The minimum absolute atomic E-state index is 0.321. The smallest absolute Gasteiger partial charge is 0.0914 e. The first kappa shape index (κ1) is 15.0. The van der Waals surface area contributed by atoms with Crippen molar-refractivity contribution < 1.29 is 5.11 Å². The SMILES string of the molecule is Cc1nc2c(s1)C(NCC(O)c1ccc(Cl)cc1)CCC2. The molecule has 2 unspecified atom stereocenters. The van der Waals surface area contributed by atoms with E-state index in [1.54, 1.807) is 11.3 Å². The summed E-state index contributed by atoms with van der Waals surface area (Å²) in [6.45, 7) is 2.60. The largest absolute Gasteiger partial charge is 0.387 e. The molecule has 1 aromatic carbocycles. The maximum atomic E-state index is 10.3. The molecule has 0 amide bonds. The molecule has 1 aliphatic carbocycles. The second kappa shape index (κ2) is 6.44. The Morgan fingerprint density at radius 2 is 2.19 bits per heavy atom. The summed E-state index contributed by atoms with van der Waals surface area (Å²) in [5.74, 6) is 0. The molecule has 0 bridgehead atoms. The molecular weight excluding hydrogens is 304 g/mol. The quantitative estimate of drug-likeness (QED) is 0.899. The average Bonchev–Trinajstić information content (AvgIpc) is 2.86. The molecule has 3 nitrogen and oxygen atoms in total. The summed E-state index contributed by atoms with van der Waals surface area (Å²) in [4.78, 5) is 5.95. The van der Waals surface area contributed by atoms with Gasteiger partial charge < -0.3 is 10.4 Å². The van der Waals surface area contributed by atoms with Crippen molar-refractivity contribution in [1.29, 1.82) is 0 Å². The highest BCUT2D eigenvalue weighted by Crippen LogP contribution is 2.34. The number of halogens is 1. The molecule has 1 aliphatic rings. The number of aryl methyl sites for hydroxylation is 2. The van der Waals surface area contributed by atoms with Gasteiger partial charge in [0.15, 0.2) is 0 Å². The van der Waals surface area contributed by atoms with Crippen LogP contribution in [0.3, 0.4) is 0 Å². The lowest BCUT2D eigenvalue weighted by Crippen LogP contribution is -2.28. The zero-order chi connectivity index (χ0) is 14.8. The summed E-state index contributed by atoms with van der Waals surface area (Å²) in [6.07, 6.45) is 2.84. The van der Waals surface area contributed by atoms with E-state index >= 15 is 0 Å². The van der Waals surface area contributed by atoms with Gasteiger partial charge in [-0.2, -0.15) is 0 Å². The van der Waals surface area contributed by atoms with Crippen molar-refractivity contribution in [2.75, 3.05) is 6.54 Å². The fraction of sp³-hybridized carbons (Fsp3) is 0.438. The maximum Gasteiger partial charge on any atom is 0.0914 e. The van der Waals surface area contributed by atoms with Crippen LogP contribution in [-0.2, 0) is 6.42 Å². The average molecular weight is 323 g/mol. The van der Waals surface area contributed by atoms with Crippen LogP contribution in [0.4, 0.5) is 0 Å². The van der Waals surface area contributed by atoms with Crippen LogP contribution in [0.2, 0.25) is 5.02 Å². The summed E-state index contributed by atoms with van der Waals surface area (Å²) in [5, 5.41) is 15.6. The van der Waals surface area contributed by atoms with Crippen LogP contribution in [0.15, 0.2) is 24.3 Å². The third-order valence-corrected chi connectivity index (χ3v) is 5.25. The van der Waals surface area contributed by atoms with Gasteiger partial charge in [0.05, 0.1) is 16.8 Å². The number of rotatable bonds is 4. The number of nitrogens with zero attached hydrogens (tertiary/aromatic N) is 1. The van der Waals surface area contributed by atoms with Gasteiger partial charge in [-0.3, -0.25) is 0 Å². The normalized spacial score (nSPS) is 19.3. The highest BCUT2D eigenvalue weighted by Gasteiger charge is 2.24. The summed E-state index contributed by atoms with van der Waals surface area (Å²) in [6, 6.07) is 7.69. The number of nitrogens with one attached hydrogen (secondary N) is 1. The fourth-order valence-electron chi connectivity index (χ4n) is 2.79. The summed E-state index contributed by atoms with van der Waals surface area (Å²) < 4.78 is 0. The number of fused-ring (bicyclic) bond motifs is 1. The second-order valence-corrected chi connectivity index (χ2v) is 7.14. The number of aliphatic hydroxyl groups is 1. The van der Waals surface area contributed by atoms with E-state index < -0.39 is 6.10 Å². The van der Waals surface area contributed by atoms with Gasteiger partial charge in [-0.1, -0.05) is 23.7 Å². The number of hydrogen-bond acceptors (Lipinski definition) is 4. The number of aromatic nitrogens is 1. The zero-order valence-corrected chi connectivity index (χ0v) is 13.5. The molecule has 1 heterocycles. The molecule has 3 rings (SSSR count). The molecule has 0 fully saturated rings. The van der Waals surface area contributed by atoms with Gasteiger partial charge in [-0.05, 0) is 43.9 Å². The van der Waals surface area contributed by atoms with Crippen molar-refractivity contribution in [1.82, 2.24) is 10.3 Å². The Kier molecular flexibility index (Phi) is 4.60. The van der Waals surface area contributed by atoms with Crippen molar-refractivity contribution in [3.63, 3.8) is 0 Å². The molecule has 112 valence electrons. The first-order chi connectivity index (χ1) is 10.1. The minimum atomic E-state index is -0.512. The molecule has 0 saturated carbocycles. The Balaban J connectivity index is 1.64. The van der Waals surface area contributed by atoms with Crippen LogP contribution in [-0.4, -0.2) is 16.6 Å². The van der Waals surface area contributed by atoms with E-state index in [4.69, 9.17) is 11.6 Å². The van der Waals surface area contributed by atoms with E-state index in [1.165, 1.54) is 10.6 Å². The lowest BCUT2D eigenvalue weighted by Gasteiger charge is -2.24. The first-order valence-corrected chi connectivity index (χ1v) is 8.46. The molecule has 2 aromatic rings. The van der Waals surface area contributed by atoms with E-state index in [0.29, 0.717) is 17.6 Å². The number of benzene rings is 1. The van der Waals surface area contributed by atoms with Crippen LogP contribution in [0.1, 0.15) is 46.1 Å². The van der Waals surface area contributed by atoms with Gasteiger partial charge in [0.2, 0.25) is 0 Å². The number of hydrogen-bond donors (Lipinski definition) is 2. The van der Waals surface area contributed by atoms with E-state index in [9.17, 15) is 5.11 Å². The fourth-order valence-corrected chi connectivity index (χ4v) is 4.00. The first-order valence-electron chi connectivity index (χ1n) is 7.26. The van der Waals surface area contributed by atoms with E-state index in [2.05, 4.69) is 17.2 Å². The third kappa shape index (κ3) is 3.46. The van der Waals surface area contributed by atoms with Crippen molar-refractivity contribution in [3.05, 3.63) is 50.4 Å². The van der Waals surface area contributed by atoms with Crippen molar-refractivity contribution >= 4 is 22.9 Å². The molecule has 0 aliphatic heterocycles. The second-order valence-electron chi connectivity index (χ2n) is 5.46. The summed E-state index contributed by atoms with van der Waals surface area (Å²) >= 11 is 7.65. The number of thiazole rings is 1. The minimum Gasteiger partial charge on any atom is -0.387 e. The van der Waals surface area contributed by atoms with E-state index in [1.807, 2.05) is 24.3 Å². The van der Waals surface area contributed by atoms with Crippen LogP contribution in [0.5, 0.6) is 0 Å². The lowest BCUT2D eigenvalue weighted by molar-refractivity contribution is 0.168. The maximum absolute atomic E-state index is 10.3. The Bertz CT molecular complexity index is 611. The molecule has 0 spiro atoms. The molecule has 2 N–H and O–H groups in total. The van der Waals surface area contributed by atoms with Crippen molar-refractivity contribution in [2.45, 2.75) is 38.3 Å². The Morgan fingerprint density at radius 1 is 1.43 bits per heavy atom. The van der Waals surface area contributed by atoms with Gasteiger partial charge in [0.1, 0.15) is 0 Å². The van der Waals surface area contributed by atoms with Gasteiger partial charge in [-0.15, -0.1) is 11.3 Å². The van der Waals surface area contributed by atoms with Gasteiger partial charge in [0.25, 0.3) is 0 Å². The molecular formula is C16H19ClN2OS. The summed E-state index contributed by atoms with van der Waals surface area (Å²) in [7, 11) is 0. The number of aliphatic hydroxyl groups excluding tert-OH is 1. The van der Waals surface area contributed by atoms with E-state index in [0.717, 1.165) is 29.8 Å². The predicted octanol–water partition coefficient (Wildman–Crippen LogP) is 3.81. The molecule has 5 heteroatoms. The van der Waals surface area contributed by atoms with Crippen LogP contribution in [0.25, 0.3) is 0 Å². The molecule has 0 saturated heterocycles. The summed E-state index contributed by atoms with van der Waals surface area (Å²) in [5.41, 5.74) is 2.13. The Labute approximate surface area is 134 Å².